The molecule has 0 aliphatic heterocycles. The van der Waals surface area contributed by atoms with Crippen LogP contribution in [-0.4, -0.2) is 54.9 Å². The maximum absolute atomic E-state index is 11.5. The number of halogens is 1. The van der Waals surface area contributed by atoms with Gasteiger partial charge in [0.2, 0.25) is 0 Å². The van der Waals surface area contributed by atoms with E-state index in [9.17, 15) is 15.0 Å². The highest BCUT2D eigenvalue weighted by Gasteiger charge is 2.34. The summed E-state index contributed by atoms with van der Waals surface area (Å²) in [6.07, 6.45) is -1.57. The Kier molecular flexibility index (Phi) is 10.4. The van der Waals surface area contributed by atoms with Crippen LogP contribution in [0.5, 0.6) is 0 Å². The van der Waals surface area contributed by atoms with E-state index in [1.807, 2.05) is 52.0 Å². The molecule has 0 spiro atoms. The van der Waals surface area contributed by atoms with Crippen LogP contribution in [0, 0.1) is 11.3 Å². The normalized spacial score (nSPS) is 16.9. The van der Waals surface area contributed by atoms with Crippen molar-refractivity contribution in [3.8, 4) is 0 Å². The minimum absolute atomic E-state index is 0.00953. The predicted molar refractivity (Wildman–Crippen MR) is 114 cm³/mol. The average molecular weight is 460 g/mol. The van der Waals surface area contributed by atoms with Crippen LogP contribution < -0.4 is 16.0 Å². The zero-order valence-corrected chi connectivity index (χ0v) is 18.9. The number of aliphatic hydroxyl groups is 2. The fourth-order valence-electron chi connectivity index (χ4n) is 2.81. The number of methoxy groups -OCH3 is 1. The van der Waals surface area contributed by atoms with Gasteiger partial charge in [0.25, 0.3) is 0 Å². The van der Waals surface area contributed by atoms with Crippen molar-refractivity contribution in [2.24, 2.45) is 11.3 Å². The Labute approximate surface area is 176 Å². The van der Waals surface area contributed by atoms with Crippen LogP contribution in [0.3, 0.4) is 0 Å². The summed E-state index contributed by atoms with van der Waals surface area (Å²) in [5, 5.41) is 29.7. The van der Waals surface area contributed by atoms with Crippen molar-refractivity contribution in [1.82, 2.24) is 16.0 Å². The van der Waals surface area contributed by atoms with Gasteiger partial charge in [-0.25, -0.2) is 4.79 Å². The number of amides is 1. The fraction of sp³-hybridized carbons (Fsp3) is 0.650. The minimum Gasteiger partial charge on any atom is -0.453 e. The third kappa shape index (κ3) is 7.67. The lowest BCUT2D eigenvalue weighted by Crippen LogP contribution is -2.59. The van der Waals surface area contributed by atoms with Crippen LogP contribution >= 0.6 is 15.9 Å². The van der Waals surface area contributed by atoms with Gasteiger partial charge in [0.1, 0.15) is 6.23 Å². The van der Waals surface area contributed by atoms with E-state index in [1.54, 1.807) is 0 Å². The van der Waals surface area contributed by atoms with E-state index < -0.39 is 23.8 Å². The molecule has 0 aliphatic rings. The first kappa shape index (κ1) is 24.8. The molecule has 0 aromatic heterocycles. The van der Waals surface area contributed by atoms with Gasteiger partial charge in [0, 0.05) is 29.0 Å². The summed E-state index contributed by atoms with van der Waals surface area (Å²) in [5.74, 6) is -0.00953. The highest BCUT2D eigenvalue weighted by atomic mass is 79.9. The van der Waals surface area contributed by atoms with Gasteiger partial charge < -0.3 is 25.6 Å². The standard InChI is InChI=1S/C20H34BrN3O4/c1-13(2)17(24-19(27)28-5)18(26)23-14(3)20(4,12-25)11-22-10-15-6-8-16(21)9-7-15/h6-9,13-14,17-18,22-23,25-26H,10-12H2,1-5H3,(H,24,27)/t14?,17?,18?,20-/m0/s1. The summed E-state index contributed by atoms with van der Waals surface area (Å²) in [6, 6.07) is 7.31. The van der Waals surface area contributed by atoms with Gasteiger partial charge in [0.05, 0.1) is 19.8 Å². The zero-order valence-electron chi connectivity index (χ0n) is 17.3. The quantitative estimate of drug-likeness (QED) is 0.325. The van der Waals surface area contributed by atoms with E-state index in [-0.39, 0.29) is 18.6 Å². The molecule has 0 bridgehead atoms. The van der Waals surface area contributed by atoms with Crippen molar-refractivity contribution in [3.63, 3.8) is 0 Å². The molecular formula is C20H34BrN3O4. The molecular weight excluding hydrogens is 426 g/mol. The van der Waals surface area contributed by atoms with Crippen LogP contribution in [0.2, 0.25) is 0 Å². The molecule has 5 N–H and O–H groups in total. The second kappa shape index (κ2) is 11.7. The highest BCUT2D eigenvalue weighted by Crippen LogP contribution is 2.21. The van der Waals surface area contributed by atoms with Crippen molar-refractivity contribution in [3.05, 3.63) is 34.3 Å². The van der Waals surface area contributed by atoms with E-state index >= 15 is 0 Å². The van der Waals surface area contributed by atoms with Crippen molar-refractivity contribution in [2.45, 2.75) is 52.6 Å². The number of carbonyl (C=O) groups is 1. The van der Waals surface area contributed by atoms with Gasteiger partial charge in [-0.3, -0.25) is 5.32 Å². The lowest BCUT2D eigenvalue weighted by atomic mass is 9.83. The summed E-state index contributed by atoms with van der Waals surface area (Å²) in [7, 11) is 1.29. The summed E-state index contributed by atoms with van der Waals surface area (Å²) in [6.45, 7) is 8.84. The van der Waals surface area contributed by atoms with E-state index in [0.717, 1.165) is 10.0 Å². The van der Waals surface area contributed by atoms with Gasteiger partial charge in [-0.2, -0.15) is 0 Å². The van der Waals surface area contributed by atoms with Crippen molar-refractivity contribution in [1.29, 1.82) is 0 Å². The van der Waals surface area contributed by atoms with Crippen LogP contribution in [0.4, 0.5) is 4.79 Å². The molecule has 0 aliphatic carbocycles. The minimum atomic E-state index is -0.980. The summed E-state index contributed by atoms with van der Waals surface area (Å²) in [5.41, 5.74) is 0.634. The Hall–Kier alpha value is -1.19. The molecule has 0 fully saturated rings. The molecule has 0 saturated heterocycles. The molecule has 8 heteroatoms. The van der Waals surface area contributed by atoms with Crippen molar-refractivity contribution >= 4 is 22.0 Å². The van der Waals surface area contributed by atoms with Crippen LogP contribution in [0.1, 0.15) is 33.3 Å². The number of hydrogen-bond donors (Lipinski definition) is 5. The molecule has 160 valence electrons. The second-order valence-electron chi connectivity index (χ2n) is 7.78. The number of alkyl carbamates (subject to hydrolysis) is 1. The Bertz CT molecular complexity index is 600. The number of benzene rings is 1. The number of nitrogens with one attached hydrogen (secondary N) is 3. The van der Waals surface area contributed by atoms with Crippen LogP contribution in [0.25, 0.3) is 0 Å². The molecule has 7 nitrogen and oxygen atoms in total. The first-order chi connectivity index (χ1) is 13.1. The number of carbonyl (C=O) groups excluding carboxylic acids is 1. The number of rotatable bonds is 11. The SMILES string of the molecule is COC(=O)NC(C(C)C)C(O)NC(C)[C@](C)(CO)CNCc1ccc(Br)cc1. The van der Waals surface area contributed by atoms with Gasteiger partial charge in [-0.05, 0) is 30.5 Å². The maximum Gasteiger partial charge on any atom is 0.407 e. The van der Waals surface area contributed by atoms with Crippen LogP contribution in [0.15, 0.2) is 28.7 Å². The molecule has 1 aromatic rings. The molecule has 0 radical (unpaired) electrons. The third-order valence-electron chi connectivity index (χ3n) is 5.13. The van der Waals surface area contributed by atoms with Gasteiger partial charge in [-0.15, -0.1) is 0 Å². The van der Waals surface area contributed by atoms with Gasteiger partial charge in [-0.1, -0.05) is 48.8 Å². The molecule has 1 amide bonds. The van der Waals surface area contributed by atoms with Crippen molar-refractivity contribution in [2.75, 3.05) is 20.3 Å². The molecule has 4 atom stereocenters. The van der Waals surface area contributed by atoms with Gasteiger partial charge >= 0.3 is 6.09 Å². The molecule has 0 saturated carbocycles. The molecule has 1 aromatic carbocycles. The molecule has 28 heavy (non-hydrogen) atoms. The largest absolute Gasteiger partial charge is 0.453 e. The third-order valence-corrected chi connectivity index (χ3v) is 5.66. The Morgan fingerprint density at radius 2 is 1.86 bits per heavy atom. The summed E-state index contributed by atoms with van der Waals surface area (Å²) < 4.78 is 5.67. The van der Waals surface area contributed by atoms with Gasteiger partial charge in [0.15, 0.2) is 0 Å². The Morgan fingerprint density at radius 3 is 2.36 bits per heavy atom. The maximum atomic E-state index is 11.5. The second-order valence-corrected chi connectivity index (χ2v) is 8.70. The molecule has 1 rings (SSSR count). The average Bonchev–Trinajstić information content (AvgIpc) is 2.66. The fourth-order valence-corrected chi connectivity index (χ4v) is 3.07. The number of aliphatic hydroxyl groups excluding tert-OH is 2. The van der Waals surface area contributed by atoms with Crippen molar-refractivity contribution < 1.29 is 19.7 Å². The summed E-state index contributed by atoms with van der Waals surface area (Å²) >= 11 is 3.42. The lowest BCUT2D eigenvalue weighted by Gasteiger charge is -2.38. The highest BCUT2D eigenvalue weighted by molar-refractivity contribution is 9.10. The van der Waals surface area contributed by atoms with E-state index in [1.165, 1.54) is 7.11 Å². The van der Waals surface area contributed by atoms with E-state index in [4.69, 9.17) is 0 Å². The Morgan fingerprint density at radius 1 is 1.25 bits per heavy atom. The smallest absolute Gasteiger partial charge is 0.407 e. The van der Waals surface area contributed by atoms with E-state index in [2.05, 4.69) is 36.6 Å². The Balaban J connectivity index is 2.66. The topological polar surface area (TPSA) is 103 Å². The number of hydrogen-bond acceptors (Lipinski definition) is 6. The molecule has 3 unspecified atom stereocenters. The lowest BCUT2D eigenvalue weighted by molar-refractivity contribution is 0.0251. The zero-order chi connectivity index (χ0) is 21.3. The summed E-state index contributed by atoms with van der Waals surface area (Å²) in [4.78, 5) is 11.5. The predicted octanol–water partition coefficient (Wildman–Crippen LogP) is 2.21. The first-order valence-electron chi connectivity index (χ1n) is 9.47. The van der Waals surface area contributed by atoms with E-state index in [0.29, 0.717) is 13.1 Å². The van der Waals surface area contributed by atoms with Crippen LogP contribution in [-0.2, 0) is 11.3 Å². The number of ether oxygens (including phenoxy) is 1. The first-order valence-corrected chi connectivity index (χ1v) is 10.3. The molecule has 0 heterocycles. The monoisotopic (exact) mass is 459 g/mol.